The third-order valence-corrected chi connectivity index (χ3v) is 8.04. The Morgan fingerprint density at radius 1 is 0.868 bits per heavy atom. The third kappa shape index (κ3) is 10.7. The predicted octanol–water partition coefficient (Wildman–Crippen LogP) is 5.72. The molecule has 1 saturated heterocycles. The lowest BCUT2D eigenvalue weighted by Crippen LogP contribution is -2.50. The fourth-order valence-electron chi connectivity index (χ4n) is 5.55. The van der Waals surface area contributed by atoms with E-state index >= 15 is 0 Å². The molecule has 1 amide bonds. The van der Waals surface area contributed by atoms with Crippen molar-refractivity contribution in [2.75, 3.05) is 40.9 Å². The van der Waals surface area contributed by atoms with Crippen molar-refractivity contribution in [2.45, 2.75) is 51.4 Å². The van der Waals surface area contributed by atoms with Crippen molar-refractivity contribution in [1.29, 1.82) is 0 Å². The van der Waals surface area contributed by atoms with Crippen LogP contribution in [0.3, 0.4) is 0 Å². The van der Waals surface area contributed by atoms with Crippen LogP contribution in [0.4, 0.5) is 4.79 Å². The molecular weight excluding hydrogens is 686 g/mol. The van der Waals surface area contributed by atoms with Crippen LogP contribution in [-0.4, -0.2) is 92.5 Å². The Balaban J connectivity index is 1.32. The Morgan fingerprint density at radius 2 is 1.55 bits per heavy atom. The normalized spacial score (nSPS) is 16.2. The maximum atomic E-state index is 13.7. The molecule has 53 heavy (non-hydrogen) atoms. The molecule has 1 aliphatic rings. The lowest BCUT2D eigenvalue weighted by molar-refractivity contribution is -0.144. The summed E-state index contributed by atoms with van der Waals surface area (Å²) in [5.74, 6) is -0.577. The number of hydrogen-bond acceptors (Lipinski definition) is 13. The average molecular weight is 730 g/mol. The topological polar surface area (TPSA) is 161 Å². The van der Waals surface area contributed by atoms with Crippen LogP contribution in [0, 0.1) is 0 Å². The summed E-state index contributed by atoms with van der Waals surface area (Å²) >= 11 is 0. The Hall–Kier alpha value is -5.57. The van der Waals surface area contributed by atoms with Crippen LogP contribution in [0.15, 0.2) is 79.0 Å². The molecule has 2 heterocycles. The summed E-state index contributed by atoms with van der Waals surface area (Å²) in [6, 6.07) is 18.8. The number of hydrogen-bond donors (Lipinski definition) is 1. The average Bonchev–Trinajstić information content (AvgIpc) is 3.32. The van der Waals surface area contributed by atoms with Gasteiger partial charge >= 0.3 is 12.1 Å². The highest BCUT2D eigenvalue weighted by atomic mass is 16.8. The van der Waals surface area contributed by atoms with Crippen molar-refractivity contribution >= 4 is 34.7 Å². The van der Waals surface area contributed by atoms with Gasteiger partial charge in [-0.05, 0) is 88.2 Å². The number of benzene rings is 3. The van der Waals surface area contributed by atoms with Gasteiger partial charge < -0.3 is 38.6 Å². The third-order valence-electron chi connectivity index (χ3n) is 8.04. The minimum absolute atomic E-state index is 0.0134. The smallest absolute Gasteiger partial charge is 0.468 e. The molecule has 1 aromatic heterocycles. The standard InChI is InChI=1S/C39H43N3O11/c1-39(2,3)52-38(46)53-42-19-7-9-33(32(22-42)41-36(44)26-14-16-29(17-15-26)49-23-47-4)51-37(45)27-12-10-25(11-13-27)35(43)30-21-31-28(8-6-18-40-31)20-34(30)50-24-48-5/h6,8,10-18,20-21,32-33H,7,9,19,22-24H2,1-5H3,(H,41,44)/t32-,33-/m1/s1. The lowest BCUT2D eigenvalue weighted by Gasteiger charge is -2.29. The molecule has 0 bridgehead atoms. The number of methoxy groups -OCH3 is 2. The number of rotatable bonds is 13. The number of amides is 1. The van der Waals surface area contributed by atoms with E-state index in [1.165, 1.54) is 43.5 Å². The Kier molecular flexibility index (Phi) is 13.0. The zero-order valence-electron chi connectivity index (χ0n) is 30.3. The second kappa shape index (κ2) is 17.8. The predicted molar refractivity (Wildman–Crippen MR) is 192 cm³/mol. The number of carbonyl (C=O) groups is 4. The van der Waals surface area contributed by atoms with E-state index < -0.39 is 35.8 Å². The van der Waals surface area contributed by atoms with Gasteiger partial charge in [-0.25, -0.2) is 9.59 Å². The molecule has 1 aliphatic heterocycles. The summed E-state index contributed by atoms with van der Waals surface area (Å²) < 4.78 is 32.4. The molecule has 0 radical (unpaired) electrons. The van der Waals surface area contributed by atoms with Gasteiger partial charge in [0.1, 0.15) is 23.2 Å². The number of ether oxygens (including phenoxy) is 6. The first-order valence-corrected chi connectivity index (χ1v) is 17.0. The first-order chi connectivity index (χ1) is 25.4. The molecule has 2 atom stereocenters. The van der Waals surface area contributed by atoms with Crippen LogP contribution in [0.5, 0.6) is 11.5 Å². The number of pyridine rings is 1. The molecule has 14 nitrogen and oxygen atoms in total. The van der Waals surface area contributed by atoms with Crippen LogP contribution in [-0.2, 0) is 23.8 Å². The van der Waals surface area contributed by atoms with Crippen molar-refractivity contribution < 1.29 is 52.4 Å². The van der Waals surface area contributed by atoms with Crippen molar-refractivity contribution in [3.63, 3.8) is 0 Å². The van der Waals surface area contributed by atoms with Crippen molar-refractivity contribution in [2.24, 2.45) is 0 Å². The summed E-state index contributed by atoms with van der Waals surface area (Å²) in [6.07, 6.45) is 0.775. The zero-order chi connectivity index (χ0) is 38.0. The fraction of sp³-hybridized carbons (Fsp3) is 0.359. The van der Waals surface area contributed by atoms with Crippen LogP contribution >= 0.6 is 0 Å². The molecular formula is C39H43N3O11. The van der Waals surface area contributed by atoms with E-state index in [1.54, 1.807) is 69.4 Å². The molecule has 4 aromatic rings. The second-order valence-electron chi connectivity index (χ2n) is 13.2. The minimum Gasteiger partial charge on any atom is -0.468 e. The van der Waals surface area contributed by atoms with Gasteiger partial charge in [-0.15, -0.1) is 5.06 Å². The molecule has 280 valence electrons. The second-order valence-corrected chi connectivity index (χ2v) is 13.2. The van der Waals surface area contributed by atoms with E-state index in [0.717, 1.165) is 5.39 Å². The number of hydroxylamine groups is 2. The number of nitrogens with zero attached hydrogens (tertiary/aromatic N) is 2. The number of esters is 1. The quantitative estimate of drug-likeness (QED) is 0.101. The first kappa shape index (κ1) is 38.7. The van der Waals surface area contributed by atoms with Gasteiger partial charge in [0.15, 0.2) is 19.4 Å². The van der Waals surface area contributed by atoms with Gasteiger partial charge in [-0.3, -0.25) is 14.6 Å². The molecule has 5 rings (SSSR count). The van der Waals surface area contributed by atoms with E-state index in [9.17, 15) is 19.2 Å². The van der Waals surface area contributed by atoms with Gasteiger partial charge in [0.05, 0.1) is 29.2 Å². The van der Waals surface area contributed by atoms with Gasteiger partial charge in [0.25, 0.3) is 5.91 Å². The summed E-state index contributed by atoms with van der Waals surface area (Å²) in [5, 5.41) is 5.13. The SMILES string of the molecule is COCOc1ccc(C(=O)N[C@@H]2CN(OC(=O)OC(C)(C)C)CCC[C@H]2OC(=O)c2ccc(C(=O)c3cc4ncccc4cc3OCOC)cc2)cc1. The molecule has 0 unspecified atom stereocenters. The number of ketones is 1. The zero-order valence-corrected chi connectivity index (χ0v) is 30.3. The summed E-state index contributed by atoms with van der Waals surface area (Å²) in [7, 11) is 2.99. The highest BCUT2D eigenvalue weighted by Crippen LogP contribution is 2.28. The maximum Gasteiger partial charge on any atom is 0.528 e. The van der Waals surface area contributed by atoms with Gasteiger partial charge in [-0.1, -0.05) is 18.2 Å². The van der Waals surface area contributed by atoms with Crippen molar-refractivity contribution in [1.82, 2.24) is 15.4 Å². The molecule has 3 aromatic carbocycles. The lowest BCUT2D eigenvalue weighted by atomic mass is 9.99. The molecule has 1 fully saturated rings. The Morgan fingerprint density at radius 3 is 2.25 bits per heavy atom. The maximum absolute atomic E-state index is 13.7. The van der Waals surface area contributed by atoms with E-state index in [-0.39, 0.29) is 37.0 Å². The van der Waals surface area contributed by atoms with Gasteiger partial charge in [-0.2, -0.15) is 0 Å². The molecule has 0 saturated carbocycles. The Bertz CT molecular complexity index is 1890. The molecule has 1 N–H and O–H groups in total. The minimum atomic E-state index is -0.892. The van der Waals surface area contributed by atoms with E-state index in [0.29, 0.717) is 47.5 Å². The number of nitrogens with one attached hydrogen (secondary N) is 1. The van der Waals surface area contributed by atoms with Gasteiger partial charge in [0.2, 0.25) is 0 Å². The number of carbonyl (C=O) groups excluding carboxylic acids is 4. The highest BCUT2D eigenvalue weighted by molar-refractivity contribution is 6.12. The fourth-order valence-corrected chi connectivity index (χ4v) is 5.55. The van der Waals surface area contributed by atoms with Gasteiger partial charge in [0, 0.05) is 43.5 Å². The monoisotopic (exact) mass is 729 g/mol. The van der Waals surface area contributed by atoms with Crippen LogP contribution in [0.25, 0.3) is 10.9 Å². The van der Waals surface area contributed by atoms with Crippen molar-refractivity contribution in [3.8, 4) is 11.5 Å². The molecule has 0 aliphatic carbocycles. The highest BCUT2D eigenvalue weighted by Gasteiger charge is 2.34. The molecule has 14 heteroatoms. The summed E-state index contributed by atoms with van der Waals surface area (Å²) in [5.41, 5.74) is 0.972. The van der Waals surface area contributed by atoms with Crippen LogP contribution in [0.2, 0.25) is 0 Å². The largest absolute Gasteiger partial charge is 0.528 e. The van der Waals surface area contributed by atoms with E-state index in [1.807, 2.05) is 6.07 Å². The Labute approximate surface area is 307 Å². The van der Waals surface area contributed by atoms with Crippen LogP contribution in [0.1, 0.15) is 70.3 Å². The van der Waals surface area contributed by atoms with E-state index in [2.05, 4.69) is 10.3 Å². The number of fused-ring (bicyclic) bond motifs is 1. The van der Waals surface area contributed by atoms with E-state index in [4.69, 9.17) is 33.3 Å². The summed E-state index contributed by atoms with van der Waals surface area (Å²) in [6.45, 7) is 5.49. The molecule has 0 spiro atoms. The van der Waals surface area contributed by atoms with Crippen molar-refractivity contribution in [3.05, 3.63) is 101 Å². The number of aromatic nitrogens is 1. The van der Waals surface area contributed by atoms with Crippen LogP contribution < -0.4 is 14.8 Å². The first-order valence-electron chi connectivity index (χ1n) is 17.0. The summed E-state index contributed by atoms with van der Waals surface area (Å²) in [4.78, 5) is 63.0.